The highest BCUT2D eigenvalue weighted by molar-refractivity contribution is 5.67. The normalized spacial score (nSPS) is 26.2. The zero-order valence-corrected chi connectivity index (χ0v) is 15.2. The minimum Gasteiger partial charge on any atom is -0.444 e. The van der Waals surface area contributed by atoms with E-state index in [9.17, 15) is 4.79 Å². The van der Waals surface area contributed by atoms with Crippen molar-refractivity contribution in [1.82, 2.24) is 15.5 Å². The van der Waals surface area contributed by atoms with Crippen LogP contribution >= 0.6 is 0 Å². The molecule has 23 heavy (non-hydrogen) atoms. The highest BCUT2D eigenvalue weighted by Crippen LogP contribution is 2.24. The fourth-order valence-electron chi connectivity index (χ4n) is 3.66. The Kier molecular flexibility index (Phi) is 7.15. The molecule has 2 fully saturated rings. The summed E-state index contributed by atoms with van der Waals surface area (Å²) in [5, 5.41) is 6.70. The van der Waals surface area contributed by atoms with Crippen LogP contribution in [0.5, 0.6) is 0 Å². The zero-order chi connectivity index (χ0) is 16.7. The number of rotatable bonds is 6. The second kappa shape index (κ2) is 8.88. The summed E-state index contributed by atoms with van der Waals surface area (Å²) in [6.45, 7) is 11.2. The van der Waals surface area contributed by atoms with Crippen LogP contribution in [0.4, 0.5) is 4.79 Å². The van der Waals surface area contributed by atoms with Gasteiger partial charge >= 0.3 is 6.09 Å². The highest BCUT2D eigenvalue weighted by Gasteiger charge is 2.26. The van der Waals surface area contributed by atoms with Gasteiger partial charge in [-0.25, -0.2) is 4.79 Å². The maximum absolute atomic E-state index is 11.8. The van der Waals surface area contributed by atoms with Crippen molar-refractivity contribution in [2.24, 2.45) is 5.92 Å². The lowest BCUT2D eigenvalue weighted by Crippen LogP contribution is -2.46. The molecule has 2 rings (SSSR count). The monoisotopic (exact) mass is 325 g/mol. The molecule has 1 saturated carbocycles. The first-order valence-electron chi connectivity index (χ1n) is 9.36. The van der Waals surface area contributed by atoms with E-state index >= 15 is 0 Å². The van der Waals surface area contributed by atoms with Gasteiger partial charge in [-0.1, -0.05) is 12.8 Å². The number of likely N-dealkylation sites (tertiary alicyclic amines) is 1. The lowest BCUT2D eigenvalue weighted by Gasteiger charge is -2.33. The van der Waals surface area contributed by atoms with Crippen molar-refractivity contribution < 1.29 is 9.53 Å². The molecule has 1 aliphatic carbocycles. The van der Waals surface area contributed by atoms with Crippen LogP contribution in [0, 0.1) is 5.92 Å². The maximum atomic E-state index is 11.8. The Morgan fingerprint density at radius 2 is 1.83 bits per heavy atom. The van der Waals surface area contributed by atoms with Gasteiger partial charge in [0, 0.05) is 25.7 Å². The molecular weight excluding hydrogens is 290 g/mol. The number of hydrogen-bond acceptors (Lipinski definition) is 4. The minimum absolute atomic E-state index is 0.293. The molecule has 0 aromatic rings. The van der Waals surface area contributed by atoms with Crippen molar-refractivity contribution in [2.75, 3.05) is 32.7 Å². The van der Waals surface area contributed by atoms with Gasteiger partial charge < -0.3 is 20.3 Å². The van der Waals surface area contributed by atoms with Gasteiger partial charge in [0.2, 0.25) is 0 Å². The Hall–Kier alpha value is -0.810. The van der Waals surface area contributed by atoms with Gasteiger partial charge in [0.15, 0.2) is 0 Å². The largest absolute Gasteiger partial charge is 0.444 e. The van der Waals surface area contributed by atoms with Gasteiger partial charge in [-0.15, -0.1) is 0 Å². The van der Waals surface area contributed by atoms with E-state index in [0.717, 1.165) is 19.6 Å². The summed E-state index contributed by atoms with van der Waals surface area (Å²) in [4.78, 5) is 14.4. The number of nitrogens with one attached hydrogen (secondary N) is 2. The van der Waals surface area contributed by atoms with Crippen LogP contribution in [0.3, 0.4) is 0 Å². The van der Waals surface area contributed by atoms with Crippen molar-refractivity contribution in [2.45, 2.75) is 70.9 Å². The first-order valence-corrected chi connectivity index (χ1v) is 9.36. The van der Waals surface area contributed by atoms with Gasteiger partial charge in [0.05, 0.1) is 0 Å². The molecule has 2 aliphatic rings. The van der Waals surface area contributed by atoms with E-state index < -0.39 is 5.60 Å². The quantitative estimate of drug-likeness (QED) is 0.788. The summed E-state index contributed by atoms with van der Waals surface area (Å²) >= 11 is 0. The van der Waals surface area contributed by atoms with E-state index in [4.69, 9.17) is 4.74 Å². The third-order valence-corrected chi connectivity index (χ3v) is 4.85. The molecule has 1 saturated heterocycles. The number of nitrogens with zero attached hydrogens (tertiary/aromatic N) is 1. The Bertz CT molecular complexity index is 362. The van der Waals surface area contributed by atoms with Gasteiger partial charge in [0.1, 0.15) is 5.60 Å². The SMILES string of the molecule is CC(C)(C)OC(=O)NCC1CCCCC1NCCN1CCCC1. The molecule has 5 heteroatoms. The van der Waals surface area contributed by atoms with E-state index in [1.165, 1.54) is 51.6 Å². The van der Waals surface area contributed by atoms with Crippen LogP contribution in [0.2, 0.25) is 0 Å². The Morgan fingerprint density at radius 3 is 2.52 bits per heavy atom. The Morgan fingerprint density at radius 1 is 1.13 bits per heavy atom. The highest BCUT2D eigenvalue weighted by atomic mass is 16.6. The van der Waals surface area contributed by atoms with Crippen LogP contribution in [0.25, 0.3) is 0 Å². The lowest BCUT2D eigenvalue weighted by molar-refractivity contribution is 0.0510. The number of carbonyl (C=O) groups is 1. The van der Waals surface area contributed by atoms with Crippen LogP contribution in [-0.4, -0.2) is 55.4 Å². The van der Waals surface area contributed by atoms with Crippen molar-refractivity contribution in [3.8, 4) is 0 Å². The molecule has 2 atom stereocenters. The molecule has 0 aromatic heterocycles. The standard InChI is InChI=1S/C18H35N3O2/c1-18(2,3)23-17(22)20-14-15-8-4-5-9-16(15)19-10-13-21-11-6-7-12-21/h15-16,19H,4-14H2,1-3H3,(H,20,22). The molecule has 1 heterocycles. The average Bonchev–Trinajstić information content (AvgIpc) is 2.98. The molecule has 5 nitrogen and oxygen atoms in total. The topological polar surface area (TPSA) is 53.6 Å². The van der Waals surface area contributed by atoms with Crippen LogP contribution in [-0.2, 0) is 4.74 Å². The predicted molar refractivity (Wildman–Crippen MR) is 93.7 cm³/mol. The first-order chi connectivity index (χ1) is 10.9. The smallest absolute Gasteiger partial charge is 0.407 e. The van der Waals surface area contributed by atoms with Gasteiger partial charge in [0.25, 0.3) is 0 Å². The van der Waals surface area contributed by atoms with E-state index in [2.05, 4.69) is 15.5 Å². The third-order valence-electron chi connectivity index (χ3n) is 4.85. The summed E-state index contributed by atoms with van der Waals surface area (Å²) in [6, 6.07) is 0.529. The fraction of sp³-hybridized carbons (Fsp3) is 0.944. The predicted octanol–water partition coefficient (Wildman–Crippen LogP) is 2.76. The zero-order valence-electron chi connectivity index (χ0n) is 15.2. The summed E-state index contributed by atoms with van der Waals surface area (Å²) in [6.07, 6.45) is 7.39. The number of hydrogen-bond donors (Lipinski definition) is 2. The summed E-state index contributed by atoms with van der Waals surface area (Å²) in [5.41, 5.74) is -0.427. The summed E-state index contributed by atoms with van der Waals surface area (Å²) < 4.78 is 5.34. The molecule has 1 amide bonds. The number of amides is 1. The summed E-state index contributed by atoms with van der Waals surface area (Å²) in [7, 11) is 0. The van der Waals surface area contributed by atoms with Crippen molar-refractivity contribution in [3.63, 3.8) is 0 Å². The molecule has 2 N–H and O–H groups in total. The molecule has 0 aromatic carbocycles. The van der Waals surface area contributed by atoms with E-state index in [1.54, 1.807) is 0 Å². The van der Waals surface area contributed by atoms with Gasteiger partial charge in [-0.2, -0.15) is 0 Å². The minimum atomic E-state index is -0.427. The van der Waals surface area contributed by atoms with Gasteiger partial charge in [-0.3, -0.25) is 0 Å². The van der Waals surface area contributed by atoms with Crippen LogP contribution < -0.4 is 10.6 Å². The Balaban J connectivity index is 1.68. The van der Waals surface area contributed by atoms with E-state index in [0.29, 0.717) is 12.0 Å². The average molecular weight is 325 g/mol. The van der Waals surface area contributed by atoms with Crippen molar-refractivity contribution in [3.05, 3.63) is 0 Å². The molecule has 2 unspecified atom stereocenters. The number of alkyl carbamates (subject to hydrolysis) is 1. The molecule has 0 spiro atoms. The van der Waals surface area contributed by atoms with Crippen molar-refractivity contribution >= 4 is 6.09 Å². The number of carbonyl (C=O) groups excluding carboxylic acids is 1. The first kappa shape index (κ1) is 18.5. The van der Waals surface area contributed by atoms with E-state index in [1.807, 2.05) is 20.8 Å². The maximum Gasteiger partial charge on any atom is 0.407 e. The van der Waals surface area contributed by atoms with Gasteiger partial charge in [-0.05, 0) is 65.5 Å². The number of ether oxygens (including phenoxy) is 1. The van der Waals surface area contributed by atoms with Crippen LogP contribution in [0.15, 0.2) is 0 Å². The third kappa shape index (κ3) is 7.08. The van der Waals surface area contributed by atoms with E-state index in [-0.39, 0.29) is 6.09 Å². The molecule has 0 bridgehead atoms. The van der Waals surface area contributed by atoms with Crippen molar-refractivity contribution in [1.29, 1.82) is 0 Å². The lowest BCUT2D eigenvalue weighted by atomic mass is 9.84. The molecule has 134 valence electrons. The van der Waals surface area contributed by atoms with Crippen LogP contribution in [0.1, 0.15) is 59.3 Å². The Labute approximate surface area is 141 Å². The molecular formula is C18H35N3O2. The fourth-order valence-corrected chi connectivity index (χ4v) is 3.66. The second-order valence-corrected chi connectivity index (χ2v) is 8.04. The molecule has 1 aliphatic heterocycles. The summed E-state index contributed by atoms with van der Waals surface area (Å²) in [5.74, 6) is 0.523. The molecule has 0 radical (unpaired) electrons. The second-order valence-electron chi connectivity index (χ2n) is 8.04.